The number of rotatable bonds is 11. The third-order valence-corrected chi connectivity index (χ3v) is 6.50. The smallest absolute Gasteiger partial charge is 0.306 e. The van der Waals surface area contributed by atoms with Crippen molar-refractivity contribution in [2.45, 2.75) is 129 Å². The van der Waals surface area contributed by atoms with E-state index in [1.54, 1.807) is 0 Å². The van der Waals surface area contributed by atoms with Gasteiger partial charge in [-0.1, -0.05) is 51.2 Å². The van der Waals surface area contributed by atoms with Crippen LogP contribution >= 0.6 is 0 Å². The van der Waals surface area contributed by atoms with Crippen molar-refractivity contribution >= 4 is 5.97 Å². The van der Waals surface area contributed by atoms with E-state index < -0.39 is 0 Å². The highest BCUT2D eigenvalue weighted by molar-refractivity contribution is 5.69. The quantitative estimate of drug-likeness (QED) is 0.260. The van der Waals surface area contributed by atoms with Gasteiger partial charge in [0, 0.05) is 18.8 Å². The van der Waals surface area contributed by atoms with Gasteiger partial charge in [-0.2, -0.15) is 0 Å². The zero-order chi connectivity index (χ0) is 21.1. The molecule has 1 aliphatic carbocycles. The van der Waals surface area contributed by atoms with Gasteiger partial charge in [0.25, 0.3) is 0 Å². The van der Waals surface area contributed by atoms with Crippen molar-refractivity contribution in [3.63, 3.8) is 0 Å². The highest BCUT2D eigenvalue weighted by Gasteiger charge is 2.45. The maximum absolute atomic E-state index is 12.2. The fourth-order valence-corrected chi connectivity index (χ4v) is 4.97. The van der Waals surface area contributed by atoms with Crippen molar-refractivity contribution in [3.05, 3.63) is 12.2 Å². The molecule has 5 atom stereocenters. The molecule has 29 heavy (non-hydrogen) atoms. The molecule has 0 aromatic rings. The summed E-state index contributed by atoms with van der Waals surface area (Å²) in [6.07, 6.45) is 17.3. The first-order valence-electron chi connectivity index (χ1n) is 12.2. The van der Waals surface area contributed by atoms with E-state index in [4.69, 9.17) is 9.47 Å². The Morgan fingerprint density at radius 2 is 1.97 bits per heavy atom. The Kier molecular flexibility index (Phi) is 11.3. The van der Waals surface area contributed by atoms with Gasteiger partial charge in [0.1, 0.15) is 6.10 Å². The van der Waals surface area contributed by atoms with Crippen LogP contribution in [0.5, 0.6) is 0 Å². The van der Waals surface area contributed by atoms with Crippen molar-refractivity contribution < 1.29 is 19.4 Å². The van der Waals surface area contributed by atoms with Gasteiger partial charge in [-0.3, -0.25) is 4.79 Å². The molecule has 0 amide bonds. The first-order valence-corrected chi connectivity index (χ1v) is 12.2. The molecule has 2 aliphatic rings. The standard InChI is InChI=1S/C25H44O4/c1-4-5-6-7-10-13-20(26)16-17-22-21-14-11-8-9-12-15-25(27)29-24(21)18-23(22)28-19(2)3/h8,11,19-24,26H,4-7,9-10,12-18H2,1-3H3/b11-8-/t20-,21?,22+,23+,24?/m0/s1. The summed E-state index contributed by atoms with van der Waals surface area (Å²) in [7, 11) is 0. The van der Waals surface area contributed by atoms with Crippen LogP contribution in [-0.2, 0) is 14.3 Å². The van der Waals surface area contributed by atoms with Gasteiger partial charge in [0.05, 0.1) is 18.3 Å². The molecular weight excluding hydrogens is 364 g/mol. The second-order valence-corrected chi connectivity index (χ2v) is 9.35. The van der Waals surface area contributed by atoms with E-state index in [-0.39, 0.29) is 30.4 Å². The Hall–Kier alpha value is -0.870. The molecule has 0 radical (unpaired) electrons. The second-order valence-electron chi connectivity index (χ2n) is 9.35. The summed E-state index contributed by atoms with van der Waals surface area (Å²) in [5.74, 6) is 0.578. The number of carbonyl (C=O) groups is 1. The number of unbranched alkanes of at least 4 members (excludes halogenated alkanes) is 4. The number of aliphatic hydroxyl groups is 1. The monoisotopic (exact) mass is 408 g/mol. The minimum Gasteiger partial charge on any atom is -0.462 e. The van der Waals surface area contributed by atoms with Crippen molar-refractivity contribution in [2.24, 2.45) is 11.8 Å². The highest BCUT2D eigenvalue weighted by atomic mass is 16.5. The maximum Gasteiger partial charge on any atom is 0.306 e. The molecular formula is C25H44O4. The summed E-state index contributed by atoms with van der Waals surface area (Å²) in [5.41, 5.74) is 0. The molecule has 0 aromatic heterocycles. The van der Waals surface area contributed by atoms with E-state index >= 15 is 0 Å². The molecule has 2 rings (SSSR count). The van der Waals surface area contributed by atoms with Crippen LogP contribution in [0.15, 0.2) is 12.2 Å². The van der Waals surface area contributed by atoms with E-state index in [0.717, 1.165) is 51.4 Å². The summed E-state index contributed by atoms with van der Waals surface area (Å²) in [5, 5.41) is 10.5. The lowest BCUT2D eigenvalue weighted by Crippen LogP contribution is -2.28. The number of ether oxygens (including phenoxy) is 2. The largest absolute Gasteiger partial charge is 0.462 e. The Bertz CT molecular complexity index is 487. The van der Waals surface area contributed by atoms with Crippen LogP contribution < -0.4 is 0 Å². The van der Waals surface area contributed by atoms with Crippen molar-refractivity contribution in [1.82, 2.24) is 0 Å². The second kappa shape index (κ2) is 13.4. The molecule has 0 spiro atoms. The summed E-state index contributed by atoms with van der Waals surface area (Å²) in [6, 6.07) is 0. The average molecular weight is 409 g/mol. The van der Waals surface area contributed by atoms with E-state index in [1.807, 2.05) is 0 Å². The number of hydrogen-bond acceptors (Lipinski definition) is 4. The fraction of sp³-hybridized carbons (Fsp3) is 0.880. The van der Waals surface area contributed by atoms with Crippen LogP contribution in [0.25, 0.3) is 0 Å². The number of carbonyl (C=O) groups excluding carboxylic acids is 1. The van der Waals surface area contributed by atoms with Crippen LogP contribution in [0.2, 0.25) is 0 Å². The number of aliphatic hydroxyl groups excluding tert-OH is 1. The molecule has 0 aromatic carbocycles. The summed E-state index contributed by atoms with van der Waals surface area (Å²) in [6.45, 7) is 6.38. The van der Waals surface area contributed by atoms with Gasteiger partial charge in [-0.15, -0.1) is 0 Å². The van der Waals surface area contributed by atoms with Crippen LogP contribution in [0.4, 0.5) is 0 Å². The van der Waals surface area contributed by atoms with E-state index in [9.17, 15) is 9.90 Å². The lowest BCUT2D eigenvalue weighted by Gasteiger charge is -2.28. The normalized spacial score (nSPS) is 30.0. The van der Waals surface area contributed by atoms with Crippen LogP contribution in [-0.4, -0.2) is 35.5 Å². The third kappa shape index (κ3) is 8.80. The molecule has 0 saturated heterocycles. The predicted molar refractivity (Wildman–Crippen MR) is 118 cm³/mol. The van der Waals surface area contributed by atoms with Crippen molar-refractivity contribution in [2.75, 3.05) is 0 Å². The number of esters is 1. The molecule has 168 valence electrons. The van der Waals surface area contributed by atoms with Gasteiger partial charge in [-0.25, -0.2) is 0 Å². The zero-order valence-electron chi connectivity index (χ0n) is 19.0. The number of allylic oxidation sites excluding steroid dienone is 2. The zero-order valence-corrected chi connectivity index (χ0v) is 19.0. The van der Waals surface area contributed by atoms with Crippen molar-refractivity contribution in [1.29, 1.82) is 0 Å². The Morgan fingerprint density at radius 3 is 2.72 bits per heavy atom. The number of fused-ring (bicyclic) bond motifs is 1. The minimum atomic E-state index is -0.229. The van der Waals surface area contributed by atoms with Gasteiger partial charge in [0.15, 0.2) is 0 Å². The first kappa shape index (κ1) is 24.4. The third-order valence-electron chi connectivity index (χ3n) is 6.50. The SMILES string of the molecule is CCCCCCC[C@H](O)CC[C@@H]1C2C/C=C\CCCC(=O)OC2C[C@H]1OC(C)C. The maximum atomic E-state index is 12.2. The fourth-order valence-electron chi connectivity index (χ4n) is 4.97. The molecule has 1 N–H and O–H groups in total. The van der Waals surface area contributed by atoms with Gasteiger partial charge < -0.3 is 14.6 Å². The predicted octanol–water partition coefficient (Wildman–Crippen LogP) is 5.96. The topological polar surface area (TPSA) is 55.8 Å². The molecule has 1 aliphatic heterocycles. The lowest BCUT2D eigenvalue weighted by atomic mass is 9.85. The molecule has 4 nitrogen and oxygen atoms in total. The summed E-state index contributed by atoms with van der Waals surface area (Å²) < 4.78 is 12.1. The molecule has 1 fully saturated rings. The van der Waals surface area contributed by atoms with Gasteiger partial charge >= 0.3 is 5.97 Å². The van der Waals surface area contributed by atoms with E-state index in [0.29, 0.717) is 18.3 Å². The van der Waals surface area contributed by atoms with Crippen molar-refractivity contribution in [3.8, 4) is 0 Å². The summed E-state index contributed by atoms with van der Waals surface area (Å²) in [4.78, 5) is 12.2. The Labute approximate surface area is 178 Å². The average Bonchev–Trinajstić information content (AvgIpc) is 2.98. The Morgan fingerprint density at radius 1 is 1.17 bits per heavy atom. The van der Waals surface area contributed by atoms with E-state index in [1.165, 1.54) is 25.7 Å². The van der Waals surface area contributed by atoms with Crippen LogP contribution in [0, 0.1) is 11.8 Å². The minimum absolute atomic E-state index is 0.0508. The highest BCUT2D eigenvalue weighted by Crippen LogP contribution is 2.42. The van der Waals surface area contributed by atoms with Gasteiger partial charge in [0.2, 0.25) is 0 Å². The summed E-state index contributed by atoms with van der Waals surface area (Å²) >= 11 is 0. The Balaban J connectivity index is 1.94. The van der Waals surface area contributed by atoms with E-state index in [2.05, 4.69) is 32.9 Å². The number of hydrogen-bond donors (Lipinski definition) is 1. The molecule has 2 unspecified atom stereocenters. The van der Waals surface area contributed by atoms with Gasteiger partial charge in [-0.05, 0) is 58.3 Å². The molecule has 4 heteroatoms. The molecule has 1 saturated carbocycles. The lowest BCUT2D eigenvalue weighted by molar-refractivity contribution is -0.151. The molecule has 1 heterocycles. The first-order chi connectivity index (χ1) is 14.0. The molecule has 0 bridgehead atoms. The van der Waals surface area contributed by atoms with Crippen LogP contribution in [0.1, 0.15) is 104 Å². The van der Waals surface area contributed by atoms with Crippen LogP contribution in [0.3, 0.4) is 0 Å².